The lowest BCUT2D eigenvalue weighted by Gasteiger charge is -2.44. The Morgan fingerprint density at radius 1 is 1.05 bits per heavy atom. The van der Waals surface area contributed by atoms with Crippen LogP contribution >= 0.6 is 0 Å². The lowest BCUT2D eigenvalue weighted by atomic mass is 9.76. The Labute approximate surface area is 132 Å². The van der Waals surface area contributed by atoms with E-state index in [1.165, 1.54) is 57.8 Å². The minimum Gasteiger partial charge on any atom is -0.370 e. The standard InChI is InChI=1S/C19H37NO/c1-5-6-17-7-9-19(10-8-17,14-20-4)21-18-12-15(2)11-16(3)13-18/h15-18,20H,5-14H2,1-4H3. The average Bonchev–Trinajstić information content (AvgIpc) is 2.41. The molecule has 0 heterocycles. The largest absolute Gasteiger partial charge is 0.370 e. The summed E-state index contributed by atoms with van der Waals surface area (Å²) in [6.45, 7) is 8.14. The Hall–Kier alpha value is -0.0800. The van der Waals surface area contributed by atoms with Gasteiger partial charge >= 0.3 is 0 Å². The highest BCUT2D eigenvalue weighted by Crippen LogP contribution is 2.40. The molecule has 2 unspecified atom stereocenters. The zero-order valence-electron chi connectivity index (χ0n) is 14.8. The lowest BCUT2D eigenvalue weighted by Crippen LogP contribution is -2.48. The summed E-state index contributed by atoms with van der Waals surface area (Å²) < 4.78 is 6.77. The SMILES string of the molecule is CCCC1CCC(CNC)(OC2CC(C)CC(C)C2)CC1. The Balaban J connectivity index is 1.92. The number of hydrogen-bond donors (Lipinski definition) is 1. The van der Waals surface area contributed by atoms with Gasteiger partial charge in [-0.05, 0) is 69.7 Å². The number of rotatable bonds is 6. The van der Waals surface area contributed by atoms with Gasteiger partial charge in [0.05, 0.1) is 11.7 Å². The van der Waals surface area contributed by atoms with E-state index in [1.807, 2.05) is 0 Å². The van der Waals surface area contributed by atoms with E-state index in [-0.39, 0.29) is 5.60 Å². The van der Waals surface area contributed by atoms with Crippen LogP contribution in [-0.4, -0.2) is 25.3 Å². The van der Waals surface area contributed by atoms with Gasteiger partial charge in [0.2, 0.25) is 0 Å². The molecule has 0 amide bonds. The van der Waals surface area contributed by atoms with Crippen molar-refractivity contribution >= 4 is 0 Å². The average molecular weight is 296 g/mol. The molecular formula is C19H37NO. The molecule has 124 valence electrons. The van der Waals surface area contributed by atoms with Gasteiger partial charge in [0, 0.05) is 6.54 Å². The van der Waals surface area contributed by atoms with Crippen LogP contribution in [0, 0.1) is 17.8 Å². The van der Waals surface area contributed by atoms with Crippen molar-refractivity contribution in [3.63, 3.8) is 0 Å². The molecule has 0 bridgehead atoms. The third-order valence-electron chi connectivity index (χ3n) is 5.76. The summed E-state index contributed by atoms with van der Waals surface area (Å²) in [5.74, 6) is 2.62. The molecule has 2 heteroatoms. The number of likely N-dealkylation sites (N-methyl/N-ethyl adjacent to an activating group) is 1. The van der Waals surface area contributed by atoms with Gasteiger partial charge in [-0.3, -0.25) is 0 Å². The molecule has 0 aromatic rings. The molecule has 2 rings (SSSR count). The van der Waals surface area contributed by atoms with Gasteiger partial charge in [-0.15, -0.1) is 0 Å². The Bertz CT molecular complexity index is 286. The van der Waals surface area contributed by atoms with E-state index in [1.54, 1.807) is 0 Å². The van der Waals surface area contributed by atoms with Crippen molar-refractivity contribution in [1.29, 1.82) is 0 Å². The van der Waals surface area contributed by atoms with E-state index < -0.39 is 0 Å². The van der Waals surface area contributed by atoms with Crippen LogP contribution in [0.1, 0.15) is 78.6 Å². The monoisotopic (exact) mass is 295 g/mol. The Morgan fingerprint density at radius 3 is 2.19 bits per heavy atom. The van der Waals surface area contributed by atoms with Gasteiger partial charge < -0.3 is 10.1 Å². The quantitative estimate of drug-likeness (QED) is 0.761. The van der Waals surface area contributed by atoms with Crippen molar-refractivity contribution < 1.29 is 4.74 Å². The predicted octanol–water partition coefficient (Wildman–Crippen LogP) is 4.78. The van der Waals surface area contributed by atoms with Crippen LogP contribution in [0.15, 0.2) is 0 Å². The summed E-state index contributed by atoms with van der Waals surface area (Å²) in [5, 5.41) is 3.41. The molecule has 0 aliphatic heterocycles. The smallest absolute Gasteiger partial charge is 0.0810 e. The first-order valence-corrected chi connectivity index (χ1v) is 9.39. The van der Waals surface area contributed by atoms with Crippen molar-refractivity contribution in [1.82, 2.24) is 5.32 Å². The predicted molar refractivity (Wildman–Crippen MR) is 90.6 cm³/mol. The first-order valence-electron chi connectivity index (χ1n) is 9.39. The van der Waals surface area contributed by atoms with E-state index in [4.69, 9.17) is 4.74 Å². The van der Waals surface area contributed by atoms with E-state index in [0.717, 1.165) is 24.3 Å². The summed E-state index contributed by atoms with van der Waals surface area (Å²) in [6, 6.07) is 0. The minimum atomic E-state index is 0.125. The summed E-state index contributed by atoms with van der Waals surface area (Å²) in [7, 11) is 2.08. The number of nitrogens with one attached hydrogen (secondary N) is 1. The zero-order valence-corrected chi connectivity index (χ0v) is 14.8. The van der Waals surface area contributed by atoms with Crippen molar-refractivity contribution in [3.8, 4) is 0 Å². The molecule has 0 radical (unpaired) electrons. The van der Waals surface area contributed by atoms with Crippen LogP contribution in [0.2, 0.25) is 0 Å². The Morgan fingerprint density at radius 2 is 1.67 bits per heavy atom. The second-order valence-corrected chi connectivity index (χ2v) is 8.10. The third kappa shape index (κ3) is 4.96. The van der Waals surface area contributed by atoms with E-state index in [0.29, 0.717) is 6.10 Å². The fourth-order valence-electron chi connectivity index (χ4n) is 4.88. The number of ether oxygens (including phenoxy) is 1. The highest BCUT2D eigenvalue weighted by molar-refractivity contribution is 4.91. The normalized spacial score (nSPS) is 41.1. The second kappa shape index (κ2) is 7.97. The molecule has 0 spiro atoms. The maximum Gasteiger partial charge on any atom is 0.0810 e. The maximum atomic E-state index is 6.77. The van der Waals surface area contributed by atoms with Crippen molar-refractivity contribution in [2.24, 2.45) is 17.8 Å². The molecule has 2 fully saturated rings. The minimum absolute atomic E-state index is 0.125. The summed E-state index contributed by atoms with van der Waals surface area (Å²) >= 11 is 0. The maximum absolute atomic E-state index is 6.77. The van der Waals surface area contributed by atoms with Gasteiger partial charge in [-0.2, -0.15) is 0 Å². The van der Waals surface area contributed by atoms with E-state index >= 15 is 0 Å². The highest BCUT2D eigenvalue weighted by atomic mass is 16.5. The van der Waals surface area contributed by atoms with Crippen LogP contribution < -0.4 is 5.32 Å². The topological polar surface area (TPSA) is 21.3 Å². The van der Waals surface area contributed by atoms with Crippen molar-refractivity contribution in [2.75, 3.05) is 13.6 Å². The second-order valence-electron chi connectivity index (χ2n) is 8.10. The van der Waals surface area contributed by atoms with Crippen LogP contribution in [-0.2, 0) is 4.74 Å². The number of hydrogen-bond acceptors (Lipinski definition) is 2. The molecule has 2 aliphatic carbocycles. The molecule has 0 saturated heterocycles. The van der Waals surface area contributed by atoms with Crippen LogP contribution in [0.3, 0.4) is 0 Å². The summed E-state index contributed by atoms with van der Waals surface area (Å²) in [4.78, 5) is 0. The fourth-order valence-corrected chi connectivity index (χ4v) is 4.88. The molecule has 0 aromatic carbocycles. The molecular weight excluding hydrogens is 258 g/mol. The molecule has 2 nitrogen and oxygen atoms in total. The molecule has 0 aromatic heterocycles. The zero-order chi connectivity index (χ0) is 15.3. The molecule has 1 N–H and O–H groups in total. The van der Waals surface area contributed by atoms with Gasteiger partial charge in [-0.1, -0.05) is 33.6 Å². The third-order valence-corrected chi connectivity index (χ3v) is 5.76. The van der Waals surface area contributed by atoms with Crippen molar-refractivity contribution in [3.05, 3.63) is 0 Å². The van der Waals surface area contributed by atoms with Crippen LogP contribution in [0.4, 0.5) is 0 Å². The van der Waals surface area contributed by atoms with Gasteiger partial charge in [0.1, 0.15) is 0 Å². The van der Waals surface area contributed by atoms with Crippen molar-refractivity contribution in [2.45, 2.75) is 90.3 Å². The first kappa shape index (κ1) is 17.3. The molecule has 2 aliphatic rings. The van der Waals surface area contributed by atoms with Crippen LogP contribution in [0.5, 0.6) is 0 Å². The molecule has 2 saturated carbocycles. The Kier molecular flexibility index (Phi) is 6.55. The van der Waals surface area contributed by atoms with E-state index in [9.17, 15) is 0 Å². The summed E-state index contributed by atoms with van der Waals surface area (Å²) in [5.41, 5.74) is 0.125. The van der Waals surface area contributed by atoms with Gasteiger partial charge in [0.15, 0.2) is 0 Å². The van der Waals surface area contributed by atoms with E-state index in [2.05, 4.69) is 33.1 Å². The fraction of sp³-hybridized carbons (Fsp3) is 1.00. The van der Waals surface area contributed by atoms with Gasteiger partial charge in [-0.25, -0.2) is 0 Å². The molecule has 2 atom stereocenters. The first-order chi connectivity index (χ1) is 10.1. The van der Waals surface area contributed by atoms with Gasteiger partial charge in [0.25, 0.3) is 0 Å². The lowest BCUT2D eigenvalue weighted by molar-refractivity contribution is -0.136. The van der Waals surface area contributed by atoms with Crippen LogP contribution in [0.25, 0.3) is 0 Å². The molecule has 21 heavy (non-hydrogen) atoms. The highest BCUT2D eigenvalue weighted by Gasteiger charge is 2.39. The summed E-state index contributed by atoms with van der Waals surface area (Å²) in [6.07, 6.45) is 12.4.